The number of alkyl halides is 1. The SMILES string of the molecule is Cc1ccc(C(Cl)c2ccc3c(c2)CCCO3)c(Cl)c1. The van der Waals surface area contributed by atoms with Crippen molar-refractivity contribution in [2.24, 2.45) is 0 Å². The van der Waals surface area contributed by atoms with Gasteiger partial charge in [0.1, 0.15) is 5.75 Å². The van der Waals surface area contributed by atoms with Gasteiger partial charge in [-0.05, 0) is 54.2 Å². The fourth-order valence-electron chi connectivity index (χ4n) is 2.56. The Morgan fingerprint density at radius 2 is 2.00 bits per heavy atom. The molecule has 1 atom stereocenters. The summed E-state index contributed by atoms with van der Waals surface area (Å²) < 4.78 is 5.63. The molecule has 0 N–H and O–H groups in total. The van der Waals surface area contributed by atoms with Crippen LogP contribution in [-0.4, -0.2) is 6.61 Å². The zero-order valence-corrected chi connectivity index (χ0v) is 12.8. The van der Waals surface area contributed by atoms with Crippen LogP contribution in [0.4, 0.5) is 0 Å². The Morgan fingerprint density at radius 3 is 2.80 bits per heavy atom. The zero-order chi connectivity index (χ0) is 14.1. The largest absolute Gasteiger partial charge is 0.493 e. The first-order chi connectivity index (χ1) is 9.65. The molecule has 0 aromatic heterocycles. The average molecular weight is 307 g/mol. The maximum absolute atomic E-state index is 6.61. The molecule has 104 valence electrons. The quantitative estimate of drug-likeness (QED) is 0.684. The first kappa shape index (κ1) is 13.8. The van der Waals surface area contributed by atoms with E-state index in [1.807, 2.05) is 37.3 Å². The highest BCUT2D eigenvalue weighted by Gasteiger charge is 2.17. The van der Waals surface area contributed by atoms with Gasteiger partial charge in [0.2, 0.25) is 0 Å². The second-order valence-corrected chi connectivity index (χ2v) is 6.05. The first-order valence-electron chi connectivity index (χ1n) is 6.81. The molecule has 0 spiro atoms. The van der Waals surface area contributed by atoms with Gasteiger partial charge in [0.05, 0.1) is 12.0 Å². The van der Waals surface area contributed by atoms with Crippen LogP contribution in [0.1, 0.15) is 34.1 Å². The van der Waals surface area contributed by atoms with Crippen LogP contribution in [0.25, 0.3) is 0 Å². The van der Waals surface area contributed by atoms with E-state index in [1.165, 1.54) is 5.56 Å². The van der Waals surface area contributed by atoms with Crippen molar-refractivity contribution in [2.75, 3.05) is 6.61 Å². The normalized spacial score (nSPS) is 15.3. The monoisotopic (exact) mass is 306 g/mol. The molecule has 0 bridgehead atoms. The van der Waals surface area contributed by atoms with Crippen molar-refractivity contribution in [3.63, 3.8) is 0 Å². The number of rotatable bonds is 2. The van der Waals surface area contributed by atoms with Crippen LogP contribution in [-0.2, 0) is 6.42 Å². The Balaban J connectivity index is 1.95. The van der Waals surface area contributed by atoms with Gasteiger partial charge in [0.25, 0.3) is 0 Å². The molecule has 2 aromatic carbocycles. The summed E-state index contributed by atoms with van der Waals surface area (Å²) in [7, 11) is 0. The molecule has 0 fully saturated rings. The molecule has 0 saturated carbocycles. The van der Waals surface area contributed by atoms with Gasteiger partial charge >= 0.3 is 0 Å². The molecule has 1 nitrogen and oxygen atoms in total. The smallest absolute Gasteiger partial charge is 0.122 e. The third-order valence-electron chi connectivity index (χ3n) is 3.65. The van der Waals surface area contributed by atoms with E-state index in [0.717, 1.165) is 46.9 Å². The Labute approximate surface area is 129 Å². The maximum atomic E-state index is 6.61. The molecule has 3 heteroatoms. The van der Waals surface area contributed by atoms with E-state index < -0.39 is 0 Å². The first-order valence-corrected chi connectivity index (χ1v) is 7.62. The number of ether oxygens (including phenoxy) is 1. The Kier molecular flexibility index (Phi) is 3.91. The standard InChI is InChI=1S/C17H16Cl2O/c1-11-4-6-14(15(18)9-11)17(19)13-5-7-16-12(10-13)3-2-8-20-16/h4-7,9-10,17H,2-3,8H2,1H3. The topological polar surface area (TPSA) is 9.23 Å². The lowest BCUT2D eigenvalue weighted by Gasteiger charge is -2.20. The van der Waals surface area contributed by atoms with Crippen LogP contribution >= 0.6 is 23.2 Å². The number of benzene rings is 2. The number of aryl methyl sites for hydroxylation is 2. The van der Waals surface area contributed by atoms with Gasteiger partial charge in [-0.1, -0.05) is 35.9 Å². The van der Waals surface area contributed by atoms with Crippen LogP contribution in [0.5, 0.6) is 5.75 Å². The van der Waals surface area contributed by atoms with Crippen LogP contribution in [0.15, 0.2) is 36.4 Å². The van der Waals surface area contributed by atoms with E-state index >= 15 is 0 Å². The summed E-state index contributed by atoms with van der Waals surface area (Å²) in [6.07, 6.45) is 2.11. The molecule has 1 aliphatic rings. The second-order valence-electron chi connectivity index (χ2n) is 5.21. The van der Waals surface area contributed by atoms with Gasteiger partial charge < -0.3 is 4.74 Å². The lowest BCUT2D eigenvalue weighted by atomic mass is 9.98. The molecular formula is C17H16Cl2O. The van der Waals surface area contributed by atoms with E-state index in [2.05, 4.69) is 6.07 Å². The van der Waals surface area contributed by atoms with Gasteiger partial charge in [0.15, 0.2) is 0 Å². The molecule has 2 aromatic rings. The van der Waals surface area contributed by atoms with E-state index in [4.69, 9.17) is 27.9 Å². The molecule has 1 aliphatic heterocycles. The Hall–Kier alpha value is -1.18. The minimum absolute atomic E-state index is 0.227. The summed E-state index contributed by atoms with van der Waals surface area (Å²) in [5, 5.41) is 0.495. The highest BCUT2D eigenvalue weighted by Crippen LogP contribution is 2.36. The maximum Gasteiger partial charge on any atom is 0.122 e. The van der Waals surface area contributed by atoms with Crippen LogP contribution in [0, 0.1) is 6.92 Å². The molecule has 3 rings (SSSR count). The van der Waals surface area contributed by atoms with Gasteiger partial charge in [-0.25, -0.2) is 0 Å². The molecule has 20 heavy (non-hydrogen) atoms. The van der Waals surface area contributed by atoms with Gasteiger partial charge in [-0.3, -0.25) is 0 Å². The van der Waals surface area contributed by atoms with Crippen molar-refractivity contribution in [3.05, 3.63) is 63.7 Å². The number of halogens is 2. The van der Waals surface area contributed by atoms with E-state index in [-0.39, 0.29) is 5.38 Å². The van der Waals surface area contributed by atoms with Crippen molar-refractivity contribution < 1.29 is 4.74 Å². The zero-order valence-electron chi connectivity index (χ0n) is 11.3. The minimum Gasteiger partial charge on any atom is -0.493 e. The predicted octanol–water partition coefficient (Wildman–Crippen LogP) is 5.30. The molecule has 0 radical (unpaired) electrons. The molecular weight excluding hydrogens is 291 g/mol. The highest BCUT2D eigenvalue weighted by atomic mass is 35.5. The van der Waals surface area contributed by atoms with Crippen LogP contribution < -0.4 is 4.74 Å². The lowest BCUT2D eigenvalue weighted by Crippen LogP contribution is -2.09. The summed E-state index contributed by atoms with van der Waals surface area (Å²) in [4.78, 5) is 0. The third kappa shape index (κ3) is 2.65. The predicted molar refractivity (Wildman–Crippen MR) is 84.1 cm³/mol. The number of hydrogen-bond acceptors (Lipinski definition) is 1. The third-order valence-corrected chi connectivity index (χ3v) is 4.47. The summed E-state index contributed by atoms with van der Waals surface area (Å²) in [5.74, 6) is 0.985. The van der Waals surface area contributed by atoms with Gasteiger partial charge in [-0.2, -0.15) is 0 Å². The molecule has 1 unspecified atom stereocenters. The van der Waals surface area contributed by atoms with E-state index in [0.29, 0.717) is 0 Å². The number of fused-ring (bicyclic) bond motifs is 1. The Bertz CT molecular complexity index is 637. The lowest BCUT2D eigenvalue weighted by molar-refractivity contribution is 0.288. The Morgan fingerprint density at radius 1 is 1.15 bits per heavy atom. The summed E-state index contributed by atoms with van der Waals surface area (Å²) >= 11 is 12.9. The van der Waals surface area contributed by atoms with Gasteiger partial charge in [0, 0.05) is 5.02 Å². The summed E-state index contributed by atoms with van der Waals surface area (Å²) in [5.41, 5.74) is 4.40. The van der Waals surface area contributed by atoms with Crippen molar-refractivity contribution in [1.82, 2.24) is 0 Å². The highest BCUT2D eigenvalue weighted by molar-refractivity contribution is 6.33. The van der Waals surface area contributed by atoms with Crippen LogP contribution in [0.3, 0.4) is 0 Å². The molecule has 0 amide bonds. The summed E-state index contributed by atoms with van der Waals surface area (Å²) in [6, 6.07) is 12.2. The molecule has 0 aliphatic carbocycles. The van der Waals surface area contributed by atoms with Crippen molar-refractivity contribution in [2.45, 2.75) is 25.1 Å². The van der Waals surface area contributed by atoms with Gasteiger partial charge in [-0.15, -0.1) is 11.6 Å². The summed E-state index contributed by atoms with van der Waals surface area (Å²) in [6.45, 7) is 2.83. The molecule has 1 heterocycles. The average Bonchev–Trinajstić information content (AvgIpc) is 2.46. The van der Waals surface area contributed by atoms with Crippen molar-refractivity contribution >= 4 is 23.2 Å². The second kappa shape index (κ2) is 5.67. The van der Waals surface area contributed by atoms with Crippen molar-refractivity contribution in [3.8, 4) is 5.75 Å². The van der Waals surface area contributed by atoms with Crippen LogP contribution in [0.2, 0.25) is 5.02 Å². The number of hydrogen-bond donors (Lipinski definition) is 0. The van der Waals surface area contributed by atoms with E-state index in [1.54, 1.807) is 0 Å². The minimum atomic E-state index is -0.227. The molecule has 0 saturated heterocycles. The van der Waals surface area contributed by atoms with Crippen molar-refractivity contribution in [1.29, 1.82) is 0 Å². The fourth-order valence-corrected chi connectivity index (χ4v) is 3.28. The van der Waals surface area contributed by atoms with E-state index in [9.17, 15) is 0 Å². The fraction of sp³-hybridized carbons (Fsp3) is 0.294.